The van der Waals surface area contributed by atoms with Crippen molar-refractivity contribution in [2.24, 2.45) is 5.92 Å². The summed E-state index contributed by atoms with van der Waals surface area (Å²) in [5.41, 5.74) is -0.163. The maximum atomic E-state index is 12.9. The van der Waals surface area contributed by atoms with Crippen LogP contribution in [-0.4, -0.2) is 53.5 Å². The number of fused-ring (bicyclic) bond motifs is 1. The first-order valence-corrected chi connectivity index (χ1v) is 9.48. The molecule has 0 bridgehead atoms. The number of rotatable bonds is 3. The average molecular weight is 402 g/mol. The normalized spacial score (nSPS) is 29.1. The fourth-order valence-corrected chi connectivity index (χ4v) is 4.71. The molecule has 0 saturated carbocycles. The number of alkyl halides is 3. The molecule has 3 rings (SSSR count). The lowest BCUT2D eigenvalue weighted by atomic mass is 9.97. The van der Waals surface area contributed by atoms with Gasteiger partial charge in [0.1, 0.15) is 0 Å². The van der Waals surface area contributed by atoms with Crippen LogP contribution in [-0.2, 0) is 16.7 Å². The first kappa shape index (κ1) is 20.0. The molecular formula is C17H21F3N4O2S. The van der Waals surface area contributed by atoms with Gasteiger partial charge in [0.15, 0.2) is 0 Å². The van der Waals surface area contributed by atoms with Crippen molar-refractivity contribution < 1.29 is 22.8 Å². The van der Waals surface area contributed by atoms with Crippen molar-refractivity contribution in [2.45, 2.75) is 36.6 Å². The highest BCUT2D eigenvalue weighted by Crippen LogP contribution is 2.34. The van der Waals surface area contributed by atoms with Gasteiger partial charge in [0.25, 0.3) is 0 Å². The topological polar surface area (TPSA) is 64.7 Å². The smallest absolute Gasteiger partial charge is 0.311 e. The van der Waals surface area contributed by atoms with Crippen molar-refractivity contribution in [1.82, 2.24) is 20.4 Å². The van der Waals surface area contributed by atoms with E-state index >= 15 is 0 Å². The van der Waals surface area contributed by atoms with Crippen molar-refractivity contribution in [3.63, 3.8) is 0 Å². The predicted molar refractivity (Wildman–Crippen MR) is 95.5 cm³/mol. The second-order valence-electron chi connectivity index (χ2n) is 6.75. The van der Waals surface area contributed by atoms with E-state index in [1.54, 1.807) is 13.1 Å². The number of carbonyl (C=O) groups is 2. The lowest BCUT2D eigenvalue weighted by Gasteiger charge is -2.49. The van der Waals surface area contributed by atoms with Gasteiger partial charge in [-0.15, -0.1) is 11.8 Å². The van der Waals surface area contributed by atoms with Gasteiger partial charge in [-0.1, -0.05) is 18.2 Å². The Labute approximate surface area is 159 Å². The number of amides is 3. The highest BCUT2D eigenvalue weighted by Gasteiger charge is 2.50. The third-order valence-corrected chi connectivity index (χ3v) is 6.10. The molecule has 27 heavy (non-hydrogen) atoms. The molecule has 4 unspecified atom stereocenters. The fraction of sp³-hybridized carbons (Fsp3) is 0.529. The summed E-state index contributed by atoms with van der Waals surface area (Å²) >= 11 is 1.36. The summed E-state index contributed by atoms with van der Waals surface area (Å²) in [7, 11) is 3.06. The molecule has 2 fully saturated rings. The third-order valence-electron chi connectivity index (χ3n) is 4.81. The molecule has 3 amide bonds. The molecule has 2 N–H and O–H groups in total. The molecule has 2 aliphatic rings. The Morgan fingerprint density at radius 1 is 1.19 bits per heavy atom. The molecule has 2 heterocycles. The second kappa shape index (κ2) is 7.33. The number of carbonyl (C=O) groups excluding carboxylic acids is 2. The lowest BCUT2D eigenvalue weighted by molar-refractivity contribution is -0.140. The van der Waals surface area contributed by atoms with E-state index in [2.05, 4.69) is 10.6 Å². The molecule has 4 atom stereocenters. The molecule has 1 aromatic rings. The quantitative estimate of drug-likeness (QED) is 0.812. The van der Waals surface area contributed by atoms with E-state index < -0.39 is 23.8 Å². The number of hydrogen-bond donors (Lipinski definition) is 2. The number of nitrogens with one attached hydrogen (secondary N) is 2. The number of halogens is 3. The van der Waals surface area contributed by atoms with E-state index in [1.807, 2.05) is 6.92 Å². The van der Waals surface area contributed by atoms with E-state index in [9.17, 15) is 22.8 Å². The van der Waals surface area contributed by atoms with Crippen molar-refractivity contribution in [1.29, 1.82) is 0 Å². The number of urea groups is 1. The Kier molecular flexibility index (Phi) is 5.42. The van der Waals surface area contributed by atoms with Gasteiger partial charge in [-0.05, 0) is 18.6 Å². The van der Waals surface area contributed by atoms with Crippen LogP contribution in [0.3, 0.4) is 0 Å². The Hall–Kier alpha value is -1.78. The zero-order valence-electron chi connectivity index (χ0n) is 15.1. The molecule has 1 aromatic carbocycles. The highest BCUT2D eigenvalue weighted by molar-refractivity contribution is 7.99. The largest absolute Gasteiger partial charge is 0.416 e. The first-order valence-electron chi connectivity index (χ1n) is 8.44. The van der Waals surface area contributed by atoms with Crippen LogP contribution >= 0.6 is 11.8 Å². The summed E-state index contributed by atoms with van der Waals surface area (Å²) in [6.45, 7) is 1.87. The van der Waals surface area contributed by atoms with Gasteiger partial charge in [-0.3, -0.25) is 20.3 Å². The van der Waals surface area contributed by atoms with Gasteiger partial charge in [0.2, 0.25) is 5.91 Å². The molecule has 2 aliphatic heterocycles. The zero-order valence-corrected chi connectivity index (χ0v) is 15.9. The molecule has 2 saturated heterocycles. The van der Waals surface area contributed by atoms with Crippen LogP contribution in [0.25, 0.3) is 0 Å². The van der Waals surface area contributed by atoms with Crippen LogP contribution in [0.15, 0.2) is 24.3 Å². The third kappa shape index (κ3) is 3.92. The Morgan fingerprint density at radius 3 is 2.56 bits per heavy atom. The number of nitrogens with zero attached hydrogens (tertiary/aromatic N) is 2. The summed E-state index contributed by atoms with van der Waals surface area (Å²) in [6, 6.07) is 4.79. The van der Waals surface area contributed by atoms with Gasteiger partial charge in [0.05, 0.1) is 29.2 Å². The number of benzene rings is 1. The minimum atomic E-state index is -4.39. The molecule has 148 valence electrons. The monoisotopic (exact) mass is 402 g/mol. The molecule has 0 aromatic heterocycles. The Bertz CT molecular complexity index is 745. The van der Waals surface area contributed by atoms with Crippen LogP contribution in [0.4, 0.5) is 18.0 Å². The maximum Gasteiger partial charge on any atom is 0.416 e. The predicted octanol–water partition coefficient (Wildman–Crippen LogP) is 2.27. The second-order valence-corrected chi connectivity index (χ2v) is 7.88. The molecule has 6 nitrogen and oxygen atoms in total. The van der Waals surface area contributed by atoms with Gasteiger partial charge < -0.3 is 4.90 Å². The van der Waals surface area contributed by atoms with Crippen molar-refractivity contribution >= 4 is 23.7 Å². The standard InChI is InChI=1S/C17H21F3N4O2S/c1-9-21-13-12(15(25)24(3)16(26)23(13)2)14(22-9)27-8-10-5-4-6-11(7-10)17(18,19)20/h4-7,9,12-14,21-22H,8H2,1-3H3. The first-order chi connectivity index (χ1) is 12.6. The van der Waals surface area contributed by atoms with E-state index in [0.717, 1.165) is 17.0 Å². The van der Waals surface area contributed by atoms with Crippen LogP contribution in [0, 0.1) is 5.92 Å². The summed E-state index contributed by atoms with van der Waals surface area (Å²) in [5.74, 6) is -0.534. The molecule has 10 heteroatoms. The minimum Gasteiger partial charge on any atom is -0.311 e. The van der Waals surface area contributed by atoms with Crippen LogP contribution in [0.5, 0.6) is 0 Å². The van der Waals surface area contributed by atoms with Crippen LogP contribution < -0.4 is 10.6 Å². The minimum absolute atomic E-state index is 0.156. The summed E-state index contributed by atoms with van der Waals surface area (Å²) in [6.07, 6.45) is -5.01. The van der Waals surface area contributed by atoms with Crippen LogP contribution in [0.1, 0.15) is 18.1 Å². The fourth-order valence-electron chi connectivity index (χ4n) is 3.39. The highest BCUT2D eigenvalue weighted by atomic mass is 32.2. The lowest BCUT2D eigenvalue weighted by Crippen LogP contribution is -2.73. The summed E-state index contributed by atoms with van der Waals surface area (Å²) < 4.78 is 38.7. The van der Waals surface area contributed by atoms with E-state index in [-0.39, 0.29) is 23.5 Å². The van der Waals surface area contributed by atoms with Crippen LogP contribution in [0.2, 0.25) is 0 Å². The van der Waals surface area contributed by atoms with Gasteiger partial charge >= 0.3 is 12.2 Å². The number of imide groups is 1. The number of hydrogen-bond acceptors (Lipinski definition) is 5. The Balaban J connectivity index is 1.78. The SMILES string of the molecule is CC1NC(SCc2cccc(C(F)(F)F)c2)C2C(=O)N(C)C(=O)N(C)C2N1. The van der Waals surface area contributed by atoms with Crippen molar-refractivity contribution in [2.75, 3.05) is 14.1 Å². The Morgan fingerprint density at radius 2 is 1.89 bits per heavy atom. The zero-order chi connectivity index (χ0) is 19.9. The van der Waals surface area contributed by atoms with Gasteiger partial charge in [-0.25, -0.2) is 4.79 Å². The van der Waals surface area contributed by atoms with E-state index in [1.165, 1.54) is 29.8 Å². The maximum absolute atomic E-state index is 12.9. The van der Waals surface area contributed by atoms with Crippen molar-refractivity contribution in [3.05, 3.63) is 35.4 Å². The van der Waals surface area contributed by atoms with Gasteiger partial charge in [0, 0.05) is 19.8 Å². The van der Waals surface area contributed by atoms with Crippen molar-refractivity contribution in [3.8, 4) is 0 Å². The number of thioether (sulfide) groups is 1. The van der Waals surface area contributed by atoms with Gasteiger partial charge in [-0.2, -0.15) is 13.2 Å². The average Bonchev–Trinajstić information content (AvgIpc) is 2.62. The molecule has 0 spiro atoms. The molecule has 0 aliphatic carbocycles. The van der Waals surface area contributed by atoms with E-state index in [4.69, 9.17) is 0 Å². The summed E-state index contributed by atoms with van der Waals surface area (Å²) in [5, 5.41) is 6.11. The summed E-state index contributed by atoms with van der Waals surface area (Å²) in [4.78, 5) is 27.4. The van der Waals surface area contributed by atoms with E-state index in [0.29, 0.717) is 11.3 Å². The molecule has 0 radical (unpaired) electrons. The molecular weight excluding hydrogens is 381 g/mol.